The second kappa shape index (κ2) is 12.8. The van der Waals surface area contributed by atoms with Gasteiger partial charge in [-0.2, -0.15) is 10.2 Å². The maximum absolute atomic E-state index is 13.0. The molecule has 0 saturated heterocycles. The molecule has 0 unspecified atom stereocenters. The Morgan fingerprint density at radius 3 is 1.33 bits per heavy atom. The molecule has 0 heterocycles. The Morgan fingerprint density at radius 2 is 0.949 bits per heavy atom. The average Bonchev–Trinajstić information content (AvgIpc) is 2.95. The predicted molar refractivity (Wildman–Crippen MR) is 152 cm³/mol. The van der Waals surface area contributed by atoms with Gasteiger partial charge in [-0.3, -0.25) is 10.9 Å². The Labute approximate surface area is 225 Å². The van der Waals surface area contributed by atoms with E-state index in [0.717, 1.165) is 0 Å². The molecule has 0 spiro atoms. The van der Waals surface area contributed by atoms with Crippen LogP contribution in [-0.2, 0) is 9.84 Å². The SMILES string of the molecule is O=S(=O)(c1ccc(N=CN/N=C\c2ccccc2O)cc1)c1ccc(N=CN/N=C/c2ccccc2O)cc1. The van der Waals surface area contributed by atoms with Gasteiger partial charge in [-0.1, -0.05) is 24.3 Å². The van der Waals surface area contributed by atoms with Gasteiger partial charge in [-0.05, 0) is 72.8 Å². The van der Waals surface area contributed by atoms with Crippen LogP contribution in [0.25, 0.3) is 0 Å². The lowest BCUT2D eigenvalue weighted by Crippen LogP contribution is -2.02. The van der Waals surface area contributed by atoms with Crippen molar-refractivity contribution >= 4 is 46.3 Å². The molecule has 11 heteroatoms. The second-order valence-electron chi connectivity index (χ2n) is 7.90. The van der Waals surface area contributed by atoms with E-state index in [4.69, 9.17) is 0 Å². The minimum Gasteiger partial charge on any atom is -0.507 e. The van der Waals surface area contributed by atoms with Crippen molar-refractivity contribution in [2.75, 3.05) is 0 Å². The van der Waals surface area contributed by atoms with E-state index in [-0.39, 0.29) is 21.3 Å². The highest BCUT2D eigenvalue weighted by molar-refractivity contribution is 7.91. The number of nitrogens with one attached hydrogen (secondary N) is 2. The zero-order valence-corrected chi connectivity index (χ0v) is 21.3. The molecule has 4 N–H and O–H groups in total. The summed E-state index contributed by atoms with van der Waals surface area (Å²) in [4.78, 5) is 8.61. The second-order valence-corrected chi connectivity index (χ2v) is 9.85. The summed E-state index contributed by atoms with van der Waals surface area (Å²) < 4.78 is 26.0. The van der Waals surface area contributed by atoms with Gasteiger partial charge in [0.25, 0.3) is 0 Å². The molecule has 0 fully saturated rings. The van der Waals surface area contributed by atoms with Crippen molar-refractivity contribution in [3.8, 4) is 11.5 Å². The highest BCUT2D eigenvalue weighted by atomic mass is 32.2. The van der Waals surface area contributed by atoms with Crippen molar-refractivity contribution < 1.29 is 18.6 Å². The fourth-order valence-electron chi connectivity index (χ4n) is 3.24. The first-order chi connectivity index (χ1) is 18.9. The highest BCUT2D eigenvalue weighted by Gasteiger charge is 2.17. The van der Waals surface area contributed by atoms with Crippen molar-refractivity contribution in [2.24, 2.45) is 20.2 Å². The normalized spacial score (nSPS) is 12.1. The summed E-state index contributed by atoms with van der Waals surface area (Å²) in [5.74, 6) is 0.228. The van der Waals surface area contributed by atoms with Crippen molar-refractivity contribution in [2.45, 2.75) is 9.79 Å². The first-order valence-corrected chi connectivity index (χ1v) is 13.1. The maximum Gasteiger partial charge on any atom is 0.206 e. The fraction of sp³-hybridized carbons (Fsp3) is 0. The zero-order chi connectivity index (χ0) is 27.5. The van der Waals surface area contributed by atoms with Crippen LogP contribution in [0, 0.1) is 0 Å². The molecular formula is C28H24N6O4S. The molecule has 0 saturated carbocycles. The van der Waals surface area contributed by atoms with Gasteiger partial charge in [0.1, 0.15) is 24.2 Å². The average molecular weight is 541 g/mol. The van der Waals surface area contributed by atoms with Gasteiger partial charge in [0.2, 0.25) is 9.84 Å². The molecule has 0 aliphatic carbocycles. The smallest absolute Gasteiger partial charge is 0.206 e. The van der Waals surface area contributed by atoms with Crippen LogP contribution < -0.4 is 10.9 Å². The standard InChI is InChI=1S/C28H24N6O4S/c35-27-7-3-1-5-21(27)17-31-33-19-29-23-9-13-25(14-10-23)39(37,38)26-15-11-24(12-16-26)30-20-34-32-18-22-6-2-4-8-28(22)36/h1-20,35-36H,(H,29,33)(H,30,34)/b31-17-,32-18+. The molecule has 0 aliphatic heterocycles. The van der Waals surface area contributed by atoms with Crippen LogP contribution in [-0.4, -0.2) is 43.7 Å². The minimum absolute atomic E-state index is 0.114. The van der Waals surface area contributed by atoms with E-state index >= 15 is 0 Å². The molecule has 0 radical (unpaired) electrons. The molecule has 0 atom stereocenters. The molecule has 0 aromatic heterocycles. The minimum atomic E-state index is -3.73. The number of para-hydroxylation sites is 2. The molecule has 0 aliphatic rings. The molecule has 39 heavy (non-hydrogen) atoms. The first kappa shape index (κ1) is 26.8. The van der Waals surface area contributed by atoms with Crippen molar-refractivity contribution in [1.82, 2.24) is 10.9 Å². The molecule has 196 valence electrons. The van der Waals surface area contributed by atoms with Gasteiger partial charge < -0.3 is 10.2 Å². The van der Waals surface area contributed by atoms with Gasteiger partial charge >= 0.3 is 0 Å². The van der Waals surface area contributed by atoms with Crippen molar-refractivity contribution in [1.29, 1.82) is 0 Å². The van der Waals surface area contributed by atoms with Crippen LogP contribution in [0.1, 0.15) is 11.1 Å². The van der Waals surface area contributed by atoms with E-state index in [9.17, 15) is 18.6 Å². The number of nitrogens with zero attached hydrogens (tertiary/aromatic N) is 4. The lowest BCUT2D eigenvalue weighted by Gasteiger charge is -2.05. The van der Waals surface area contributed by atoms with Crippen molar-refractivity contribution in [3.05, 3.63) is 108 Å². The van der Waals surface area contributed by atoms with Crippen LogP contribution in [0.4, 0.5) is 11.4 Å². The summed E-state index contributed by atoms with van der Waals surface area (Å²) in [5.41, 5.74) is 7.43. The van der Waals surface area contributed by atoms with Gasteiger partial charge in [0.05, 0.1) is 33.6 Å². The lowest BCUT2D eigenvalue weighted by molar-refractivity contribution is 0.474. The molecular weight excluding hydrogens is 516 g/mol. The van der Waals surface area contributed by atoms with Gasteiger partial charge in [0.15, 0.2) is 0 Å². The summed E-state index contributed by atoms with van der Waals surface area (Å²) >= 11 is 0. The van der Waals surface area contributed by atoms with Gasteiger partial charge in [-0.15, -0.1) is 0 Å². The zero-order valence-electron chi connectivity index (χ0n) is 20.5. The fourth-order valence-corrected chi connectivity index (χ4v) is 4.50. The van der Waals surface area contributed by atoms with E-state index in [1.54, 1.807) is 72.8 Å². The number of phenols is 2. The number of aliphatic imine (C=N–C) groups is 2. The number of hydrazone groups is 2. The van der Waals surface area contributed by atoms with Crippen LogP contribution >= 0.6 is 0 Å². The summed E-state index contributed by atoms with van der Waals surface area (Å²) in [6.45, 7) is 0. The quantitative estimate of drug-likeness (QED) is 0.132. The molecule has 4 rings (SSSR count). The van der Waals surface area contributed by atoms with E-state index in [1.165, 1.54) is 49.4 Å². The van der Waals surface area contributed by atoms with E-state index in [2.05, 4.69) is 31.0 Å². The van der Waals surface area contributed by atoms with E-state index < -0.39 is 9.84 Å². The topological polar surface area (TPSA) is 148 Å². The number of aromatic hydroxyl groups is 2. The third-order valence-corrected chi connectivity index (χ3v) is 7.05. The molecule has 4 aromatic carbocycles. The third-order valence-electron chi connectivity index (χ3n) is 5.27. The highest BCUT2D eigenvalue weighted by Crippen LogP contribution is 2.25. The van der Waals surface area contributed by atoms with Crippen LogP contribution in [0.3, 0.4) is 0 Å². The van der Waals surface area contributed by atoms with Crippen LogP contribution in [0.5, 0.6) is 11.5 Å². The summed E-state index contributed by atoms with van der Waals surface area (Å²) in [6, 6.07) is 25.8. The summed E-state index contributed by atoms with van der Waals surface area (Å²) in [7, 11) is -3.73. The van der Waals surface area contributed by atoms with Crippen molar-refractivity contribution in [3.63, 3.8) is 0 Å². The Bertz CT molecular complexity index is 1510. The van der Waals surface area contributed by atoms with E-state index in [1.807, 2.05) is 0 Å². The molecule has 10 nitrogen and oxygen atoms in total. The number of sulfone groups is 1. The largest absolute Gasteiger partial charge is 0.507 e. The van der Waals surface area contributed by atoms with Crippen LogP contribution in [0.15, 0.2) is 127 Å². The Kier molecular flexibility index (Phi) is 8.78. The summed E-state index contributed by atoms with van der Waals surface area (Å²) in [6.07, 6.45) is 5.61. The summed E-state index contributed by atoms with van der Waals surface area (Å²) in [5, 5.41) is 27.3. The lowest BCUT2D eigenvalue weighted by atomic mass is 10.2. The maximum atomic E-state index is 13.0. The number of rotatable bonds is 10. The number of hydrogen-bond donors (Lipinski definition) is 4. The van der Waals surface area contributed by atoms with E-state index in [0.29, 0.717) is 22.5 Å². The Hall–Kier alpha value is -5.29. The van der Waals surface area contributed by atoms with Crippen LogP contribution in [0.2, 0.25) is 0 Å². The van der Waals surface area contributed by atoms with Gasteiger partial charge in [-0.25, -0.2) is 18.4 Å². The predicted octanol–water partition coefficient (Wildman–Crippen LogP) is 4.50. The molecule has 0 bridgehead atoms. The number of benzene rings is 4. The number of hydrogen-bond acceptors (Lipinski definition) is 8. The van der Waals surface area contributed by atoms with Gasteiger partial charge in [0, 0.05) is 11.1 Å². The Morgan fingerprint density at radius 1 is 0.564 bits per heavy atom. The third kappa shape index (κ3) is 7.37. The number of phenolic OH excluding ortho intramolecular Hbond substituents is 2. The monoisotopic (exact) mass is 540 g/mol. The molecule has 0 amide bonds. The Balaban J connectivity index is 1.32. The first-order valence-electron chi connectivity index (χ1n) is 11.6. The molecule has 4 aromatic rings.